The van der Waals surface area contributed by atoms with Crippen molar-refractivity contribution in [3.05, 3.63) is 70.8 Å². The molecule has 0 heterocycles. The van der Waals surface area contributed by atoms with Crippen molar-refractivity contribution in [2.45, 2.75) is 72.6 Å². The van der Waals surface area contributed by atoms with Crippen molar-refractivity contribution in [1.82, 2.24) is 0 Å². The Labute approximate surface area is 149 Å². The summed E-state index contributed by atoms with van der Waals surface area (Å²) in [7, 11) is 0. The third kappa shape index (κ3) is 4.29. The van der Waals surface area contributed by atoms with Crippen LogP contribution in [0.2, 0.25) is 0 Å². The van der Waals surface area contributed by atoms with Gasteiger partial charge in [-0.05, 0) is 48.8 Å². The van der Waals surface area contributed by atoms with Gasteiger partial charge in [-0.25, -0.2) is 0 Å². The van der Waals surface area contributed by atoms with Gasteiger partial charge in [-0.1, -0.05) is 94.1 Å². The fraction of sp³-hybridized carbons (Fsp3) is 0.500. The number of aryl methyl sites for hydroxylation is 2. The summed E-state index contributed by atoms with van der Waals surface area (Å²) in [5.41, 5.74) is 6.21. The molecule has 0 radical (unpaired) electrons. The Morgan fingerprint density at radius 2 is 1.54 bits per heavy atom. The zero-order chi connectivity index (χ0) is 17.6. The van der Waals surface area contributed by atoms with Crippen LogP contribution in [0.15, 0.2) is 48.5 Å². The Morgan fingerprint density at radius 1 is 0.875 bits per heavy atom. The maximum absolute atomic E-state index is 2.38. The first kappa shape index (κ1) is 18.8. The predicted molar refractivity (Wildman–Crippen MR) is 107 cm³/mol. The van der Waals surface area contributed by atoms with E-state index in [1.165, 1.54) is 54.4 Å². The van der Waals surface area contributed by atoms with Gasteiger partial charge in [0, 0.05) is 5.92 Å². The minimum absolute atomic E-state index is 0.451. The fourth-order valence-electron chi connectivity index (χ4n) is 4.27. The van der Waals surface area contributed by atoms with Gasteiger partial charge in [0.05, 0.1) is 0 Å². The van der Waals surface area contributed by atoms with Gasteiger partial charge in [-0.3, -0.25) is 0 Å². The van der Waals surface area contributed by atoms with Crippen LogP contribution in [0.25, 0.3) is 0 Å². The maximum Gasteiger partial charge on any atom is 0.00972 e. The van der Waals surface area contributed by atoms with Crippen LogP contribution in [0, 0.1) is 19.3 Å². The van der Waals surface area contributed by atoms with Gasteiger partial charge in [-0.2, -0.15) is 0 Å². The van der Waals surface area contributed by atoms with E-state index in [2.05, 4.69) is 83.1 Å². The van der Waals surface area contributed by atoms with Gasteiger partial charge in [0.2, 0.25) is 0 Å². The van der Waals surface area contributed by atoms with Gasteiger partial charge in [-0.15, -0.1) is 0 Å². The molecule has 130 valence electrons. The lowest BCUT2D eigenvalue weighted by molar-refractivity contribution is 0.206. The molecule has 0 spiro atoms. The monoisotopic (exact) mass is 322 g/mol. The van der Waals surface area contributed by atoms with Crippen molar-refractivity contribution in [2.75, 3.05) is 0 Å². The van der Waals surface area contributed by atoms with E-state index in [4.69, 9.17) is 0 Å². The van der Waals surface area contributed by atoms with E-state index in [0.29, 0.717) is 11.3 Å². The van der Waals surface area contributed by atoms with Gasteiger partial charge in [0.1, 0.15) is 0 Å². The highest BCUT2D eigenvalue weighted by atomic mass is 14.3. The second kappa shape index (κ2) is 8.51. The molecule has 24 heavy (non-hydrogen) atoms. The van der Waals surface area contributed by atoms with Crippen LogP contribution in [0.3, 0.4) is 0 Å². The van der Waals surface area contributed by atoms with Crippen molar-refractivity contribution in [3.63, 3.8) is 0 Å². The number of hydrogen-bond acceptors (Lipinski definition) is 0. The molecule has 0 saturated carbocycles. The zero-order valence-electron chi connectivity index (χ0n) is 16.2. The second-order valence-corrected chi connectivity index (χ2v) is 7.48. The van der Waals surface area contributed by atoms with Crippen LogP contribution < -0.4 is 0 Å². The summed E-state index contributed by atoms with van der Waals surface area (Å²) < 4.78 is 0. The van der Waals surface area contributed by atoms with Gasteiger partial charge in [0.25, 0.3) is 0 Å². The van der Waals surface area contributed by atoms with E-state index in [-0.39, 0.29) is 0 Å². The number of rotatable bonds is 8. The van der Waals surface area contributed by atoms with E-state index < -0.39 is 0 Å². The SMILES string of the molecule is CCCC(CC)(CC)C[C@H](c1ccccc1)c1ccc(C)cc1C. The van der Waals surface area contributed by atoms with E-state index >= 15 is 0 Å². The molecule has 0 heteroatoms. The van der Waals surface area contributed by atoms with Crippen LogP contribution in [0.1, 0.15) is 81.0 Å². The van der Waals surface area contributed by atoms with E-state index in [1.54, 1.807) is 0 Å². The summed E-state index contributed by atoms with van der Waals surface area (Å²) in [6, 6.07) is 18.1. The first-order valence-electron chi connectivity index (χ1n) is 9.67. The molecule has 0 saturated heterocycles. The second-order valence-electron chi connectivity index (χ2n) is 7.48. The van der Waals surface area contributed by atoms with Crippen molar-refractivity contribution < 1.29 is 0 Å². The molecule has 0 aliphatic rings. The average Bonchev–Trinajstić information content (AvgIpc) is 2.60. The highest BCUT2D eigenvalue weighted by Crippen LogP contribution is 2.44. The number of hydrogen-bond donors (Lipinski definition) is 0. The molecule has 1 atom stereocenters. The summed E-state index contributed by atoms with van der Waals surface area (Å²) in [6.07, 6.45) is 6.39. The highest BCUT2D eigenvalue weighted by Gasteiger charge is 2.30. The first-order valence-corrected chi connectivity index (χ1v) is 9.67. The Morgan fingerprint density at radius 3 is 2.08 bits per heavy atom. The van der Waals surface area contributed by atoms with Crippen molar-refractivity contribution >= 4 is 0 Å². The molecular formula is C24H34. The summed E-state index contributed by atoms with van der Waals surface area (Å²) in [5, 5.41) is 0. The minimum atomic E-state index is 0.451. The quantitative estimate of drug-likeness (QED) is 0.474. The third-order valence-corrected chi connectivity index (χ3v) is 5.92. The van der Waals surface area contributed by atoms with Crippen molar-refractivity contribution in [2.24, 2.45) is 5.41 Å². The molecular weight excluding hydrogens is 288 g/mol. The standard InChI is InChI=1S/C24H34/c1-6-16-24(7-2,8-3)18-23(21-12-10-9-11-13-21)22-15-14-19(4)17-20(22)5/h9-15,17,23H,6-8,16,18H2,1-5H3/t23-/m1/s1. The van der Waals surface area contributed by atoms with E-state index in [9.17, 15) is 0 Å². The molecule has 0 aromatic heterocycles. The van der Waals surface area contributed by atoms with Crippen molar-refractivity contribution in [1.29, 1.82) is 0 Å². The lowest BCUT2D eigenvalue weighted by Gasteiger charge is -2.36. The Bertz CT molecular complexity index is 620. The van der Waals surface area contributed by atoms with Gasteiger partial charge < -0.3 is 0 Å². The molecule has 2 aromatic carbocycles. The fourth-order valence-corrected chi connectivity index (χ4v) is 4.27. The third-order valence-electron chi connectivity index (χ3n) is 5.92. The molecule has 0 aliphatic heterocycles. The molecule has 0 fully saturated rings. The molecule has 0 N–H and O–H groups in total. The largest absolute Gasteiger partial charge is 0.0654 e. The molecule has 0 bridgehead atoms. The normalized spacial score (nSPS) is 13.0. The van der Waals surface area contributed by atoms with E-state index in [0.717, 1.165) is 0 Å². The molecule has 0 nitrogen and oxygen atoms in total. The average molecular weight is 323 g/mol. The molecule has 0 unspecified atom stereocenters. The van der Waals surface area contributed by atoms with Crippen molar-refractivity contribution in [3.8, 4) is 0 Å². The van der Waals surface area contributed by atoms with Crippen LogP contribution in [0.4, 0.5) is 0 Å². The van der Waals surface area contributed by atoms with Crippen LogP contribution in [-0.2, 0) is 0 Å². The predicted octanol–water partition coefficient (Wildman–Crippen LogP) is 7.43. The van der Waals surface area contributed by atoms with Crippen LogP contribution in [0.5, 0.6) is 0 Å². The molecule has 2 aromatic rings. The van der Waals surface area contributed by atoms with Crippen LogP contribution >= 0.6 is 0 Å². The summed E-state index contributed by atoms with van der Waals surface area (Å²) >= 11 is 0. The molecule has 0 amide bonds. The first-order chi connectivity index (χ1) is 11.5. The lowest BCUT2D eigenvalue weighted by Crippen LogP contribution is -2.23. The van der Waals surface area contributed by atoms with Gasteiger partial charge >= 0.3 is 0 Å². The highest BCUT2D eigenvalue weighted by molar-refractivity contribution is 5.39. The smallest absolute Gasteiger partial charge is 0.00972 e. The summed E-state index contributed by atoms with van der Waals surface area (Å²) in [5.74, 6) is 0.498. The maximum atomic E-state index is 2.38. The summed E-state index contributed by atoms with van der Waals surface area (Å²) in [6.45, 7) is 11.5. The topological polar surface area (TPSA) is 0 Å². The van der Waals surface area contributed by atoms with Gasteiger partial charge in [0.15, 0.2) is 0 Å². The Balaban J connectivity index is 2.47. The Kier molecular flexibility index (Phi) is 6.66. The van der Waals surface area contributed by atoms with Crippen LogP contribution in [-0.4, -0.2) is 0 Å². The minimum Gasteiger partial charge on any atom is -0.0654 e. The molecule has 2 rings (SSSR count). The Hall–Kier alpha value is -1.56. The summed E-state index contributed by atoms with van der Waals surface area (Å²) in [4.78, 5) is 0. The number of benzene rings is 2. The zero-order valence-corrected chi connectivity index (χ0v) is 16.2. The van der Waals surface area contributed by atoms with E-state index in [1.807, 2.05) is 0 Å². The molecule has 0 aliphatic carbocycles. The lowest BCUT2D eigenvalue weighted by atomic mass is 9.68.